The van der Waals surface area contributed by atoms with Gasteiger partial charge in [-0.1, -0.05) is 66.7 Å². The van der Waals surface area contributed by atoms with Gasteiger partial charge in [-0.25, -0.2) is 0 Å². The first kappa shape index (κ1) is 21.6. The van der Waals surface area contributed by atoms with Crippen molar-refractivity contribution in [1.82, 2.24) is 6.15 Å². The molecule has 0 bridgehead atoms. The van der Waals surface area contributed by atoms with E-state index in [1.165, 1.54) is 11.6 Å². The zero-order chi connectivity index (χ0) is 18.3. The molecule has 0 heterocycles. The van der Waals surface area contributed by atoms with Crippen LogP contribution in [0, 0.1) is 0 Å². The van der Waals surface area contributed by atoms with Gasteiger partial charge in [0.15, 0.2) is 5.75 Å². The Bertz CT molecular complexity index is 908. The topological polar surface area (TPSA) is 125 Å². The molecule has 6 nitrogen and oxygen atoms in total. The van der Waals surface area contributed by atoms with Crippen LogP contribution in [0.1, 0.15) is 12.5 Å². The highest BCUT2D eigenvalue weighted by Crippen LogP contribution is 2.25. The Labute approximate surface area is 154 Å². The maximum atomic E-state index is 10.6. The summed E-state index contributed by atoms with van der Waals surface area (Å²) in [6.45, 7) is 2.02. The third-order valence-electron chi connectivity index (χ3n) is 3.35. The van der Waals surface area contributed by atoms with E-state index in [0.29, 0.717) is 5.39 Å². The van der Waals surface area contributed by atoms with Gasteiger partial charge in [0.1, 0.15) is 0 Å². The van der Waals surface area contributed by atoms with Gasteiger partial charge in [-0.2, -0.15) is 8.42 Å². The summed E-state index contributed by atoms with van der Waals surface area (Å²) in [6.07, 6.45) is 0.973. The number of hydrogen-bond donors (Lipinski definition) is 3. The van der Waals surface area contributed by atoms with E-state index < -0.39 is 10.4 Å². The molecule has 6 N–H and O–H groups in total. The van der Waals surface area contributed by atoms with Gasteiger partial charge in [0, 0.05) is 11.4 Å². The minimum atomic E-state index is -4.47. The number of rotatable bonds is 4. The van der Waals surface area contributed by atoms with Crippen LogP contribution in [0.2, 0.25) is 0 Å². The van der Waals surface area contributed by atoms with E-state index in [0.717, 1.165) is 11.8 Å². The smallest absolute Gasteiger partial charge is 0.361 e. The first-order valence-electron chi connectivity index (χ1n) is 7.79. The van der Waals surface area contributed by atoms with Crippen LogP contribution >= 0.6 is 0 Å². The lowest BCUT2D eigenvalue weighted by Gasteiger charge is -2.04. The summed E-state index contributed by atoms with van der Waals surface area (Å²) in [5.41, 5.74) is 6.94. The molecular formula is C19H24N2O4S. The summed E-state index contributed by atoms with van der Waals surface area (Å²) in [5, 5.41) is 1.48. The summed E-state index contributed by atoms with van der Waals surface area (Å²) in [4.78, 5) is 0. The van der Waals surface area contributed by atoms with Crippen molar-refractivity contribution >= 4 is 21.2 Å². The van der Waals surface area contributed by atoms with Crippen molar-refractivity contribution in [1.29, 1.82) is 0 Å². The first-order chi connectivity index (χ1) is 11.8. The molecule has 3 rings (SSSR count). The van der Waals surface area contributed by atoms with Crippen molar-refractivity contribution in [3.05, 3.63) is 78.4 Å². The van der Waals surface area contributed by atoms with Crippen LogP contribution in [-0.2, 0) is 16.8 Å². The number of fused-ring (bicyclic) bond motifs is 1. The Morgan fingerprint density at radius 3 is 2.15 bits per heavy atom. The van der Waals surface area contributed by atoms with Gasteiger partial charge in [0.05, 0.1) is 0 Å². The zero-order valence-electron chi connectivity index (χ0n) is 14.6. The average Bonchev–Trinajstić information content (AvgIpc) is 2.55. The third-order valence-corrected chi connectivity index (χ3v) is 3.74. The van der Waals surface area contributed by atoms with Gasteiger partial charge in [0.25, 0.3) is 0 Å². The molecule has 0 aliphatic heterocycles. The molecule has 1 atom stereocenters. The fourth-order valence-electron chi connectivity index (χ4n) is 2.37. The number of nitrogens with two attached hydrogens (primary N) is 1. The SMILES string of the molecule is CC(N)Cc1ccccc1.N.O=S(=O)(O)Oc1cccc2ccccc12. The minimum Gasteiger partial charge on any atom is -0.361 e. The van der Waals surface area contributed by atoms with E-state index in [1.807, 2.05) is 43.3 Å². The lowest BCUT2D eigenvalue weighted by atomic mass is 10.1. The van der Waals surface area contributed by atoms with Crippen molar-refractivity contribution in [3.8, 4) is 5.75 Å². The van der Waals surface area contributed by atoms with Crippen molar-refractivity contribution in [3.63, 3.8) is 0 Å². The molecular weight excluding hydrogens is 352 g/mol. The van der Waals surface area contributed by atoms with Gasteiger partial charge >= 0.3 is 10.4 Å². The second-order valence-electron chi connectivity index (χ2n) is 5.66. The monoisotopic (exact) mass is 376 g/mol. The first-order valence-corrected chi connectivity index (χ1v) is 9.16. The molecule has 0 spiro atoms. The normalized spacial score (nSPS) is 11.7. The van der Waals surface area contributed by atoms with Gasteiger partial charge < -0.3 is 16.1 Å². The van der Waals surface area contributed by atoms with Crippen LogP contribution in [0.4, 0.5) is 0 Å². The maximum Gasteiger partial charge on any atom is 0.446 e. The zero-order valence-corrected chi connectivity index (χ0v) is 15.4. The highest BCUT2D eigenvalue weighted by molar-refractivity contribution is 7.81. The van der Waals surface area contributed by atoms with E-state index in [-0.39, 0.29) is 17.9 Å². The summed E-state index contributed by atoms with van der Waals surface area (Å²) in [5.74, 6) is 0.121. The molecule has 26 heavy (non-hydrogen) atoms. The van der Waals surface area contributed by atoms with Crippen LogP contribution in [0.25, 0.3) is 10.8 Å². The molecule has 0 aliphatic rings. The largest absolute Gasteiger partial charge is 0.446 e. The quantitative estimate of drug-likeness (QED) is 0.595. The molecule has 7 heteroatoms. The molecule has 140 valence electrons. The van der Waals surface area contributed by atoms with E-state index in [2.05, 4.69) is 16.3 Å². The predicted molar refractivity (Wildman–Crippen MR) is 105 cm³/mol. The van der Waals surface area contributed by atoms with Gasteiger partial charge in [0.2, 0.25) is 0 Å². The van der Waals surface area contributed by atoms with Gasteiger partial charge in [-0.05, 0) is 30.4 Å². The highest BCUT2D eigenvalue weighted by atomic mass is 32.3. The van der Waals surface area contributed by atoms with Crippen molar-refractivity contribution < 1.29 is 17.2 Å². The molecule has 0 aliphatic carbocycles. The highest BCUT2D eigenvalue weighted by Gasteiger charge is 2.09. The molecule has 3 aromatic carbocycles. The van der Waals surface area contributed by atoms with Crippen molar-refractivity contribution in [2.24, 2.45) is 5.73 Å². The Hall–Kier alpha value is -2.45. The Balaban J connectivity index is 0.000000270. The van der Waals surface area contributed by atoms with Crippen LogP contribution in [0.3, 0.4) is 0 Å². The lowest BCUT2D eigenvalue weighted by Crippen LogP contribution is -2.17. The standard InChI is InChI=1S/C10H8O4S.C9H13N.H3N/c11-15(12,13)14-10-7-3-5-8-4-1-2-6-9(8)10;1-8(10)7-9-5-3-2-4-6-9;/h1-7H,(H,11,12,13);2-6,8H,7,10H2,1H3;1H3. The predicted octanol–water partition coefficient (Wildman–Crippen LogP) is 3.76. The maximum absolute atomic E-state index is 10.6. The molecule has 0 amide bonds. The molecule has 0 fully saturated rings. The van der Waals surface area contributed by atoms with Crippen molar-refractivity contribution in [2.75, 3.05) is 0 Å². The average molecular weight is 376 g/mol. The molecule has 1 unspecified atom stereocenters. The Kier molecular flexibility index (Phi) is 8.21. The van der Waals surface area contributed by atoms with Crippen LogP contribution in [0.5, 0.6) is 5.75 Å². The summed E-state index contributed by atoms with van der Waals surface area (Å²) in [6, 6.07) is 22.7. The summed E-state index contributed by atoms with van der Waals surface area (Å²) in [7, 11) is -4.47. The summed E-state index contributed by atoms with van der Waals surface area (Å²) >= 11 is 0. The van der Waals surface area contributed by atoms with Crippen LogP contribution in [-0.4, -0.2) is 19.0 Å². The third kappa shape index (κ3) is 7.20. The van der Waals surface area contributed by atoms with Crippen molar-refractivity contribution in [2.45, 2.75) is 19.4 Å². The molecule has 0 saturated heterocycles. The van der Waals surface area contributed by atoms with Crippen LogP contribution < -0.4 is 16.1 Å². The molecule has 0 aromatic heterocycles. The van der Waals surface area contributed by atoms with Gasteiger partial charge in [-0.15, -0.1) is 0 Å². The second kappa shape index (κ2) is 9.88. The minimum absolute atomic E-state index is 0. The van der Waals surface area contributed by atoms with E-state index in [1.54, 1.807) is 18.2 Å². The van der Waals surface area contributed by atoms with E-state index in [9.17, 15) is 8.42 Å². The fourth-order valence-corrected chi connectivity index (χ4v) is 2.74. The van der Waals surface area contributed by atoms with Crippen LogP contribution in [0.15, 0.2) is 72.8 Å². The number of hydrogen-bond acceptors (Lipinski definition) is 5. The van der Waals surface area contributed by atoms with E-state index in [4.69, 9.17) is 10.3 Å². The Morgan fingerprint density at radius 2 is 1.54 bits per heavy atom. The molecule has 0 saturated carbocycles. The van der Waals surface area contributed by atoms with E-state index >= 15 is 0 Å². The molecule has 3 aromatic rings. The Morgan fingerprint density at radius 1 is 0.962 bits per heavy atom. The number of benzene rings is 3. The lowest BCUT2D eigenvalue weighted by molar-refractivity contribution is 0.388. The summed E-state index contributed by atoms with van der Waals surface area (Å²) < 4.78 is 34.2. The second-order valence-corrected chi connectivity index (χ2v) is 6.68. The fraction of sp³-hybridized carbons (Fsp3) is 0.158. The van der Waals surface area contributed by atoms with Gasteiger partial charge in [-0.3, -0.25) is 4.55 Å². The molecule has 0 radical (unpaired) electrons.